The zero-order valence-corrected chi connectivity index (χ0v) is 15.7. The molecule has 1 unspecified atom stereocenters. The van der Waals surface area contributed by atoms with E-state index in [-0.39, 0.29) is 11.8 Å². The number of carbonyl (C=O) groups is 1. The molecule has 7 heteroatoms. The maximum Gasteiger partial charge on any atom is 0.251 e. The lowest BCUT2D eigenvalue weighted by molar-refractivity contribution is -0.132. The van der Waals surface area contributed by atoms with Crippen molar-refractivity contribution in [3.63, 3.8) is 0 Å². The van der Waals surface area contributed by atoms with Crippen LogP contribution in [0.5, 0.6) is 0 Å². The van der Waals surface area contributed by atoms with E-state index in [2.05, 4.69) is 21.0 Å². The Morgan fingerprint density at radius 1 is 1.15 bits per heavy atom. The molecule has 0 aliphatic carbocycles. The lowest BCUT2D eigenvalue weighted by Crippen LogP contribution is -2.43. The summed E-state index contributed by atoms with van der Waals surface area (Å²) in [5.74, 6) is 0.158. The van der Waals surface area contributed by atoms with Crippen molar-refractivity contribution in [2.75, 3.05) is 52.5 Å². The van der Waals surface area contributed by atoms with Crippen LogP contribution in [-0.2, 0) is 16.1 Å². The predicted octanol–water partition coefficient (Wildman–Crippen LogP) is 1.69. The summed E-state index contributed by atoms with van der Waals surface area (Å²) < 4.78 is 5.37. The Morgan fingerprint density at radius 2 is 2.00 bits per heavy atom. The minimum absolute atomic E-state index is 0.0182. The van der Waals surface area contributed by atoms with Crippen LogP contribution in [0, 0.1) is 5.92 Å². The van der Waals surface area contributed by atoms with Crippen molar-refractivity contribution >= 4 is 23.2 Å². The van der Waals surface area contributed by atoms with Crippen molar-refractivity contribution in [1.82, 2.24) is 14.8 Å². The van der Waals surface area contributed by atoms with Gasteiger partial charge < -0.3 is 4.74 Å². The van der Waals surface area contributed by atoms with Gasteiger partial charge in [-0.3, -0.25) is 14.6 Å². The summed E-state index contributed by atoms with van der Waals surface area (Å²) >= 11 is 6.08. The molecule has 3 aliphatic heterocycles. The minimum atomic E-state index is -0.0182. The van der Waals surface area contributed by atoms with Crippen molar-refractivity contribution in [3.8, 4) is 0 Å². The molecule has 0 bridgehead atoms. The number of likely N-dealkylation sites (tertiary alicyclic amines) is 1. The van der Waals surface area contributed by atoms with Gasteiger partial charge in [-0.1, -0.05) is 23.7 Å². The van der Waals surface area contributed by atoms with Crippen LogP contribution >= 0.6 is 11.6 Å². The number of carbonyl (C=O) groups excluding carboxylic acids is 1. The van der Waals surface area contributed by atoms with Gasteiger partial charge in [0, 0.05) is 44.3 Å². The molecule has 0 radical (unpaired) electrons. The first kappa shape index (κ1) is 17.9. The van der Waals surface area contributed by atoms with Crippen molar-refractivity contribution in [1.29, 1.82) is 0 Å². The van der Waals surface area contributed by atoms with E-state index in [0.29, 0.717) is 6.54 Å². The first-order valence-electron chi connectivity index (χ1n) is 9.35. The Morgan fingerprint density at radius 3 is 2.81 bits per heavy atom. The molecule has 3 aliphatic rings. The van der Waals surface area contributed by atoms with E-state index in [1.165, 1.54) is 5.56 Å². The predicted molar refractivity (Wildman–Crippen MR) is 101 cm³/mol. The summed E-state index contributed by atoms with van der Waals surface area (Å²) in [7, 11) is 0. The second kappa shape index (κ2) is 8.05. The SMILES string of the molecule is O=C1C2CCN(Cc3cccc(Cl)c3)CC2=NN1CCN1CCOCC1. The van der Waals surface area contributed by atoms with E-state index >= 15 is 0 Å². The molecule has 0 aromatic heterocycles. The quantitative estimate of drug-likeness (QED) is 0.784. The van der Waals surface area contributed by atoms with E-state index in [0.717, 1.165) is 69.6 Å². The molecule has 1 atom stereocenters. The first-order chi connectivity index (χ1) is 12.7. The summed E-state index contributed by atoms with van der Waals surface area (Å²) in [6.45, 7) is 7.50. The number of ether oxygens (including phenoxy) is 1. The highest BCUT2D eigenvalue weighted by Gasteiger charge is 2.39. The lowest BCUT2D eigenvalue weighted by atomic mass is 9.94. The molecule has 6 nitrogen and oxygen atoms in total. The highest BCUT2D eigenvalue weighted by molar-refractivity contribution is 6.30. The Kier molecular flexibility index (Phi) is 5.55. The highest BCUT2D eigenvalue weighted by atomic mass is 35.5. The monoisotopic (exact) mass is 376 g/mol. The number of hydrogen-bond donors (Lipinski definition) is 0. The maximum absolute atomic E-state index is 12.7. The molecule has 0 spiro atoms. The smallest absolute Gasteiger partial charge is 0.251 e. The molecule has 4 rings (SSSR count). The molecule has 1 amide bonds. The molecule has 1 aromatic rings. The second-order valence-corrected chi connectivity index (χ2v) is 7.63. The van der Waals surface area contributed by atoms with Gasteiger partial charge in [0.1, 0.15) is 0 Å². The van der Waals surface area contributed by atoms with E-state index < -0.39 is 0 Å². The number of fused-ring (bicyclic) bond motifs is 1. The summed E-state index contributed by atoms with van der Waals surface area (Å²) in [5, 5.41) is 7.12. The highest BCUT2D eigenvalue weighted by Crippen LogP contribution is 2.25. The Bertz CT molecular complexity index is 690. The number of halogens is 1. The van der Waals surface area contributed by atoms with E-state index in [1.807, 2.05) is 18.2 Å². The second-order valence-electron chi connectivity index (χ2n) is 7.19. The molecule has 140 valence electrons. The average molecular weight is 377 g/mol. The molecule has 0 saturated carbocycles. The number of benzene rings is 1. The van der Waals surface area contributed by atoms with E-state index in [1.54, 1.807) is 5.01 Å². The van der Waals surface area contributed by atoms with Gasteiger partial charge in [0.2, 0.25) is 0 Å². The van der Waals surface area contributed by atoms with Gasteiger partial charge in [0.05, 0.1) is 31.4 Å². The zero-order chi connectivity index (χ0) is 17.9. The number of piperidine rings is 1. The number of amides is 1. The van der Waals surface area contributed by atoms with E-state index in [9.17, 15) is 4.79 Å². The van der Waals surface area contributed by atoms with Crippen molar-refractivity contribution < 1.29 is 9.53 Å². The fraction of sp³-hybridized carbons (Fsp3) is 0.579. The van der Waals surface area contributed by atoms with Gasteiger partial charge in [0.25, 0.3) is 5.91 Å². The molecule has 26 heavy (non-hydrogen) atoms. The van der Waals surface area contributed by atoms with Gasteiger partial charge in [-0.05, 0) is 24.1 Å². The van der Waals surface area contributed by atoms with E-state index in [4.69, 9.17) is 16.3 Å². The minimum Gasteiger partial charge on any atom is -0.379 e. The van der Waals surface area contributed by atoms with Crippen LogP contribution in [0.2, 0.25) is 5.02 Å². The number of hydrogen-bond acceptors (Lipinski definition) is 5. The summed E-state index contributed by atoms with van der Waals surface area (Å²) in [4.78, 5) is 17.3. The average Bonchev–Trinajstić information content (AvgIpc) is 2.96. The third-order valence-corrected chi connectivity index (χ3v) is 5.59. The lowest BCUT2D eigenvalue weighted by Gasteiger charge is -2.29. The maximum atomic E-state index is 12.7. The number of nitrogens with zero attached hydrogens (tertiary/aromatic N) is 4. The van der Waals surface area contributed by atoms with Gasteiger partial charge in [-0.15, -0.1) is 0 Å². The zero-order valence-electron chi connectivity index (χ0n) is 14.9. The molecule has 3 heterocycles. The van der Waals surface area contributed by atoms with Crippen LogP contribution in [-0.4, -0.2) is 78.9 Å². The van der Waals surface area contributed by atoms with Crippen LogP contribution in [0.1, 0.15) is 12.0 Å². The van der Waals surface area contributed by atoms with Crippen LogP contribution in [0.25, 0.3) is 0 Å². The van der Waals surface area contributed by atoms with Crippen molar-refractivity contribution in [2.24, 2.45) is 11.0 Å². The molecule has 1 aromatic carbocycles. The van der Waals surface area contributed by atoms with Crippen molar-refractivity contribution in [2.45, 2.75) is 13.0 Å². The molecule has 2 fully saturated rings. The van der Waals surface area contributed by atoms with Crippen molar-refractivity contribution in [3.05, 3.63) is 34.9 Å². The fourth-order valence-electron chi connectivity index (χ4n) is 3.90. The Hall–Kier alpha value is -1.47. The molecular formula is C19H25ClN4O2. The van der Waals surface area contributed by atoms with Gasteiger partial charge in [-0.25, -0.2) is 5.01 Å². The number of morpholine rings is 1. The largest absolute Gasteiger partial charge is 0.379 e. The summed E-state index contributed by atoms with van der Waals surface area (Å²) in [5.41, 5.74) is 2.22. The topological polar surface area (TPSA) is 48.4 Å². The summed E-state index contributed by atoms with van der Waals surface area (Å²) in [6, 6.07) is 7.97. The standard InChI is InChI=1S/C19H25ClN4O2/c20-16-3-1-2-15(12-16)13-23-5-4-17-18(14-23)21-24(19(17)25)7-6-22-8-10-26-11-9-22/h1-3,12,17H,4-11,13-14H2. The van der Waals surface area contributed by atoms with Gasteiger partial charge in [0.15, 0.2) is 0 Å². The molecular weight excluding hydrogens is 352 g/mol. The first-order valence-corrected chi connectivity index (χ1v) is 9.72. The number of rotatable bonds is 5. The van der Waals surface area contributed by atoms with Crippen LogP contribution in [0.4, 0.5) is 0 Å². The Labute approximate surface area is 159 Å². The fourth-order valence-corrected chi connectivity index (χ4v) is 4.11. The molecule has 2 saturated heterocycles. The third-order valence-electron chi connectivity index (χ3n) is 5.35. The normalized spacial score (nSPS) is 24.7. The third kappa shape index (κ3) is 4.09. The van der Waals surface area contributed by atoms with Gasteiger partial charge >= 0.3 is 0 Å². The van der Waals surface area contributed by atoms with Crippen LogP contribution in [0.3, 0.4) is 0 Å². The van der Waals surface area contributed by atoms with Gasteiger partial charge in [-0.2, -0.15) is 5.10 Å². The number of hydrazone groups is 1. The van der Waals surface area contributed by atoms with Crippen LogP contribution < -0.4 is 0 Å². The molecule has 0 N–H and O–H groups in total. The summed E-state index contributed by atoms with van der Waals surface area (Å²) in [6.07, 6.45) is 0.853. The van der Waals surface area contributed by atoms with Crippen LogP contribution in [0.15, 0.2) is 29.4 Å². The Balaban J connectivity index is 1.34.